The zero-order valence-electron chi connectivity index (χ0n) is 27.7. The minimum atomic E-state index is -1.69. The molecule has 270 valence electrons. The van der Waals surface area contributed by atoms with Crippen LogP contribution in [0, 0.1) is 17.5 Å². The van der Waals surface area contributed by atoms with Gasteiger partial charge in [-0.1, -0.05) is 29.8 Å². The minimum absolute atomic E-state index is 0.0662. The Kier molecular flexibility index (Phi) is 10.7. The maximum absolute atomic E-state index is 14.5. The number of aromatic nitrogens is 6. The molecule has 0 atom stereocenters. The molecule has 3 heterocycles. The number of methoxy groups -OCH3 is 1. The van der Waals surface area contributed by atoms with Gasteiger partial charge in [-0.05, 0) is 54.2 Å². The minimum Gasteiger partial charge on any atom is -0.481 e. The number of halogens is 4. The lowest BCUT2D eigenvalue weighted by Crippen LogP contribution is -2.42. The van der Waals surface area contributed by atoms with E-state index in [1.807, 2.05) is 0 Å². The number of anilines is 2. The molecule has 0 aliphatic rings. The van der Waals surface area contributed by atoms with E-state index >= 15 is 0 Å². The highest BCUT2D eigenvalue weighted by Gasteiger charge is 2.23. The zero-order valence-corrected chi connectivity index (χ0v) is 28.5. The second kappa shape index (κ2) is 15.3. The second-order valence-electron chi connectivity index (χ2n) is 11.9. The van der Waals surface area contributed by atoms with Gasteiger partial charge in [-0.2, -0.15) is 10.1 Å². The summed E-state index contributed by atoms with van der Waals surface area (Å²) in [5.41, 5.74) is 5.89. The number of nitrogens with two attached hydrogens (primary N) is 1. The molecule has 0 fully saturated rings. The Morgan fingerprint density at radius 2 is 1.87 bits per heavy atom. The molecule has 0 saturated heterocycles. The van der Waals surface area contributed by atoms with Crippen molar-refractivity contribution >= 4 is 50.9 Å². The van der Waals surface area contributed by atoms with E-state index in [9.17, 15) is 32.7 Å². The van der Waals surface area contributed by atoms with Crippen LogP contribution < -0.4 is 22.4 Å². The molecule has 3 aromatic heterocycles. The molecule has 3 aromatic carbocycles. The third-order valence-corrected chi connectivity index (χ3v) is 8.81. The summed E-state index contributed by atoms with van der Waals surface area (Å²) in [5, 5.41) is 18.6. The number of benzene rings is 3. The molecule has 0 amide bonds. The van der Waals surface area contributed by atoms with Gasteiger partial charge in [-0.25, -0.2) is 27.3 Å². The van der Waals surface area contributed by atoms with E-state index in [0.717, 1.165) is 21.3 Å². The van der Waals surface area contributed by atoms with Crippen LogP contribution in [0.5, 0.6) is 0 Å². The molecular weight excluding hydrogens is 705 g/mol. The fourth-order valence-corrected chi connectivity index (χ4v) is 6.35. The number of aryl methyl sites for hydroxylation is 1. The van der Waals surface area contributed by atoms with Gasteiger partial charge in [-0.15, -0.1) is 0 Å². The van der Waals surface area contributed by atoms with Gasteiger partial charge in [0.05, 0.1) is 47.8 Å². The Morgan fingerprint density at radius 1 is 1.10 bits per heavy atom. The largest absolute Gasteiger partial charge is 0.481 e. The fraction of sp³-hybridized carbons (Fsp3) is 0.257. The number of fused-ring (bicyclic) bond motifs is 2. The van der Waals surface area contributed by atoms with Crippen molar-refractivity contribution < 1.29 is 27.8 Å². The molecule has 6 aromatic rings. The number of unbranched alkanes of at least 4 members (excludes halogenated alkanes) is 1. The summed E-state index contributed by atoms with van der Waals surface area (Å²) >= 11 is 6.82. The average Bonchev–Trinajstić information content (AvgIpc) is 3.52. The smallest absolute Gasteiger partial charge is 0.359 e. The first kappa shape index (κ1) is 36.2. The van der Waals surface area contributed by atoms with Crippen molar-refractivity contribution in [2.24, 2.45) is 5.73 Å². The summed E-state index contributed by atoms with van der Waals surface area (Å²) in [7, 11) is 1.55. The number of carboxylic acids is 1. The maximum Gasteiger partial charge on any atom is 0.359 e. The van der Waals surface area contributed by atoms with E-state index in [2.05, 4.69) is 20.4 Å². The second-order valence-corrected chi connectivity index (χ2v) is 12.3. The number of rotatable bonds is 14. The van der Waals surface area contributed by atoms with Crippen molar-refractivity contribution in [3.05, 3.63) is 115 Å². The molecule has 0 spiro atoms. The van der Waals surface area contributed by atoms with Crippen LogP contribution in [0.4, 0.5) is 24.8 Å². The lowest BCUT2D eigenvalue weighted by atomic mass is 10.0. The molecule has 52 heavy (non-hydrogen) atoms. The van der Waals surface area contributed by atoms with E-state index in [4.69, 9.17) is 22.1 Å². The summed E-state index contributed by atoms with van der Waals surface area (Å²) in [5.74, 6) is -5.94. The molecule has 0 aliphatic heterocycles. The SMILES string of the molecule is COCCn1cc2c(CCCCC(=O)O)c(Nc3nc(=O)n(-c4cncc5cccc(CN)c45)c(=O)n3Cc3cc(F)c(F)c(F)c3)c(Cl)cc2n1. The molecule has 13 nitrogen and oxygen atoms in total. The molecule has 17 heteroatoms. The number of carboxylic acid groups (broad SMARTS) is 1. The van der Waals surface area contributed by atoms with Crippen LogP contribution in [0.1, 0.15) is 36.0 Å². The van der Waals surface area contributed by atoms with Gasteiger partial charge in [0.2, 0.25) is 5.95 Å². The van der Waals surface area contributed by atoms with Gasteiger partial charge >= 0.3 is 17.3 Å². The number of hydrogen-bond acceptors (Lipinski definition) is 9. The number of nitrogens with one attached hydrogen (secondary N) is 1. The molecule has 0 saturated carbocycles. The average molecular weight is 737 g/mol. The van der Waals surface area contributed by atoms with Crippen molar-refractivity contribution in [1.29, 1.82) is 0 Å². The quantitative estimate of drug-likeness (QED) is 0.101. The molecule has 6 rings (SSSR count). The van der Waals surface area contributed by atoms with Crippen LogP contribution in [0.25, 0.3) is 27.4 Å². The first-order valence-corrected chi connectivity index (χ1v) is 16.5. The van der Waals surface area contributed by atoms with Crippen molar-refractivity contribution in [1.82, 2.24) is 28.9 Å². The molecule has 4 N–H and O–H groups in total. The van der Waals surface area contributed by atoms with Gasteiger partial charge in [-0.3, -0.25) is 19.0 Å². The Hall–Kier alpha value is -5.58. The number of ether oxygens (including phenoxy) is 1. The normalized spacial score (nSPS) is 11.5. The molecule has 0 aliphatic carbocycles. The lowest BCUT2D eigenvalue weighted by molar-refractivity contribution is -0.137. The van der Waals surface area contributed by atoms with Gasteiger partial charge < -0.3 is 20.9 Å². The number of hydrogen-bond donors (Lipinski definition) is 3. The number of carbonyl (C=O) groups is 1. The number of aliphatic carboxylic acids is 1. The van der Waals surface area contributed by atoms with Crippen LogP contribution >= 0.6 is 11.6 Å². The monoisotopic (exact) mass is 736 g/mol. The van der Waals surface area contributed by atoms with Crippen molar-refractivity contribution in [2.45, 2.75) is 45.3 Å². The Bertz CT molecular complexity index is 2420. The zero-order chi connectivity index (χ0) is 37.1. The highest BCUT2D eigenvalue weighted by molar-refractivity contribution is 6.34. The Labute approximate surface area is 298 Å². The third-order valence-electron chi connectivity index (χ3n) is 8.51. The van der Waals surface area contributed by atoms with E-state index in [0.29, 0.717) is 65.2 Å². The molecule has 0 bridgehead atoms. The van der Waals surface area contributed by atoms with Gasteiger partial charge in [0.25, 0.3) is 0 Å². The first-order chi connectivity index (χ1) is 25.0. The number of nitrogens with zero attached hydrogens (tertiary/aromatic N) is 6. The van der Waals surface area contributed by atoms with Crippen LogP contribution in [0.15, 0.2) is 64.6 Å². The van der Waals surface area contributed by atoms with Crippen LogP contribution in [-0.4, -0.2) is 53.7 Å². The Morgan fingerprint density at radius 3 is 2.58 bits per heavy atom. The number of pyridine rings is 1. The topological polar surface area (TPSA) is 172 Å². The summed E-state index contributed by atoms with van der Waals surface area (Å²) in [4.78, 5) is 48.0. The highest BCUT2D eigenvalue weighted by Crippen LogP contribution is 2.36. The van der Waals surface area contributed by atoms with E-state index in [-0.39, 0.29) is 40.9 Å². The van der Waals surface area contributed by atoms with Gasteiger partial charge in [0.1, 0.15) is 0 Å². The predicted octanol–water partition coefficient (Wildman–Crippen LogP) is 5.06. The predicted molar refractivity (Wildman–Crippen MR) is 188 cm³/mol. The van der Waals surface area contributed by atoms with Crippen LogP contribution in [-0.2, 0) is 35.6 Å². The van der Waals surface area contributed by atoms with Gasteiger partial charge in [0, 0.05) is 48.6 Å². The van der Waals surface area contributed by atoms with Crippen molar-refractivity contribution in [2.75, 3.05) is 19.0 Å². The first-order valence-electron chi connectivity index (χ1n) is 16.1. The lowest BCUT2D eigenvalue weighted by Gasteiger charge is -2.19. The van der Waals surface area contributed by atoms with Crippen LogP contribution in [0.3, 0.4) is 0 Å². The standard InChI is InChI=1S/C35H32ClF3N8O5/c1-52-10-9-45-18-23-22(7-2-3-8-29(48)49)32(24(36)13-27(23)44-45)42-33-43-34(50)47(28-16-41-15-21-6-4-5-20(14-40)30(21)28)35(51)46(33)17-19-11-25(37)31(39)26(38)12-19/h4-6,11-13,15-16,18H,2-3,7-10,14,17,40H2,1H3,(H,48,49)(H,42,43,50). The Balaban J connectivity index is 1.56. The maximum atomic E-state index is 14.5. The summed E-state index contributed by atoms with van der Waals surface area (Å²) in [6.07, 6.45) is 5.62. The van der Waals surface area contributed by atoms with E-state index in [1.165, 1.54) is 6.20 Å². The summed E-state index contributed by atoms with van der Waals surface area (Å²) < 4.78 is 51.3. The van der Waals surface area contributed by atoms with E-state index in [1.54, 1.807) is 48.5 Å². The highest BCUT2D eigenvalue weighted by atomic mass is 35.5. The summed E-state index contributed by atoms with van der Waals surface area (Å²) in [6, 6.07) is 8.26. The molecular formula is C35H32ClF3N8O5. The fourth-order valence-electron chi connectivity index (χ4n) is 6.08. The molecule has 0 radical (unpaired) electrons. The summed E-state index contributed by atoms with van der Waals surface area (Å²) in [6.45, 7) is 0.296. The molecule has 0 unspecified atom stereocenters. The van der Waals surface area contributed by atoms with Crippen molar-refractivity contribution in [3.8, 4) is 5.69 Å². The third kappa shape index (κ3) is 7.26. The van der Waals surface area contributed by atoms with Gasteiger partial charge in [0.15, 0.2) is 17.5 Å². The van der Waals surface area contributed by atoms with Crippen LogP contribution in [0.2, 0.25) is 5.02 Å². The van der Waals surface area contributed by atoms with Crippen molar-refractivity contribution in [3.63, 3.8) is 0 Å². The van der Waals surface area contributed by atoms with E-state index < -0.39 is 41.3 Å².